The van der Waals surface area contributed by atoms with Crippen LogP contribution in [0, 0.1) is 0 Å². The fourth-order valence-electron chi connectivity index (χ4n) is 2.65. The number of nitrogens with zero attached hydrogens (tertiary/aromatic N) is 3. The molecule has 0 spiro atoms. The van der Waals surface area contributed by atoms with Crippen LogP contribution in [0.25, 0.3) is 22.6 Å². The lowest BCUT2D eigenvalue weighted by Gasteiger charge is -2.08. The maximum atomic E-state index is 6.38. The number of nitrogens with two attached hydrogens (primary N) is 1. The molecule has 0 bridgehead atoms. The van der Waals surface area contributed by atoms with Crippen LogP contribution in [0.4, 0.5) is 0 Å². The second-order valence-electron chi connectivity index (χ2n) is 5.40. The van der Waals surface area contributed by atoms with Crippen molar-refractivity contribution in [3.8, 4) is 11.5 Å². The lowest BCUT2D eigenvalue weighted by molar-refractivity contribution is 0.772. The van der Waals surface area contributed by atoms with E-state index in [0.717, 1.165) is 33.1 Å². The fourth-order valence-corrected chi connectivity index (χ4v) is 2.91. The number of para-hydroxylation sites is 1. The van der Waals surface area contributed by atoms with Crippen LogP contribution in [0.5, 0.6) is 0 Å². The number of hydrogen-bond donors (Lipinski definition) is 1. The number of pyridine rings is 1. The van der Waals surface area contributed by atoms with Gasteiger partial charge >= 0.3 is 0 Å². The topological polar surface area (TPSA) is 56.7 Å². The Morgan fingerprint density at radius 2 is 2.10 bits per heavy atom. The third-order valence-corrected chi connectivity index (χ3v) is 4.17. The third kappa shape index (κ3) is 2.11. The molecule has 0 saturated heterocycles. The van der Waals surface area contributed by atoms with Crippen LogP contribution < -0.4 is 5.73 Å². The smallest absolute Gasteiger partial charge is 0.160 e. The Bertz CT molecular complexity index is 803. The molecule has 3 aromatic rings. The number of imidazole rings is 1. The Morgan fingerprint density at radius 3 is 2.76 bits per heavy atom. The van der Waals surface area contributed by atoms with Gasteiger partial charge in [-0.2, -0.15) is 0 Å². The number of halogens is 1. The summed E-state index contributed by atoms with van der Waals surface area (Å²) in [5.74, 6) is 0.893. The maximum Gasteiger partial charge on any atom is 0.160 e. The van der Waals surface area contributed by atoms with Gasteiger partial charge in [0.15, 0.2) is 5.82 Å². The van der Waals surface area contributed by atoms with Gasteiger partial charge in [-0.3, -0.25) is 4.98 Å². The summed E-state index contributed by atoms with van der Waals surface area (Å²) in [4.78, 5) is 9.25. The van der Waals surface area contributed by atoms with E-state index in [-0.39, 0.29) is 0 Å². The van der Waals surface area contributed by atoms with Gasteiger partial charge in [-0.15, -0.1) is 0 Å². The van der Waals surface area contributed by atoms with Crippen LogP contribution in [0.1, 0.15) is 24.4 Å². The van der Waals surface area contributed by atoms with Crippen molar-refractivity contribution in [3.05, 3.63) is 47.1 Å². The molecule has 1 aromatic carbocycles. The van der Waals surface area contributed by atoms with E-state index in [1.807, 2.05) is 36.5 Å². The summed E-state index contributed by atoms with van der Waals surface area (Å²) >= 11 is 6.38. The number of rotatable bonds is 3. The molecule has 2 heterocycles. The monoisotopic (exact) mass is 298 g/mol. The van der Waals surface area contributed by atoms with Gasteiger partial charge in [0, 0.05) is 18.8 Å². The zero-order valence-electron chi connectivity index (χ0n) is 11.5. The van der Waals surface area contributed by atoms with E-state index in [9.17, 15) is 0 Å². The average molecular weight is 299 g/mol. The molecule has 2 N–H and O–H groups in total. The minimum atomic E-state index is 0.487. The molecule has 0 amide bonds. The number of aromatic nitrogens is 3. The zero-order chi connectivity index (χ0) is 14.4. The van der Waals surface area contributed by atoms with E-state index in [4.69, 9.17) is 22.3 Å². The molecular formula is C16H15ClN4. The van der Waals surface area contributed by atoms with Crippen LogP contribution in [-0.2, 0) is 6.54 Å². The standard InChI is InChI=1S/C16H15ClN4/c17-12-2-1-3-13-15(12)21(11-5-6-11)16(20-13)14-7-4-10(8-18)9-19-14/h1-4,7,9,11H,5-6,8,18H2. The summed E-state index contributed by atoms with van der Waals surface area (Å²) in [6, 6.07) is 10.3. The molecule has 106 valence electrons. The molecule has 0 aliphatic heterocycles. The van der Waals surface area contributed by atoms with Crippen molar-refractivity contribution >= 4 is 22.6 Å². The molecule has 1 aliphatic rings. The lowest BCUT2D eigenvalue weighted by atomic mass is 10.2. The first-order chi connectivity index (χ1) is 10.3. The van der Waals surface area contributed by atoms with Gasteiger partial charge < -0.3 is 10.3 Å². The summed E-state index contributed by atoms with van der Waals surface area (Å²) in [5, 5.41) is 0.747. The summed E-state index contributed by atoms with van der Waals surface area (Å²) in [6.07, 6.45) is 4.16. The first-order valence-electron chi connectivity index (χ1n) is 7.10. The van der Waals surface area contributed by atoms with Gasteiger partial charge in [-0.25, -0.2) is 4.98 Å². The lowest BCUT2D eigenvalue weighted by Crippen LogP contribution is -2.01. The van der Waals surface area contributed by atoms with Crippen molar-refractivity contribution in [2.45, 2.75) is 25.4 Å². The molecule has 4 rings (SSSR count). The predicted molar refractivity (Wildman–Crippen MR) is 84.1 cm³/mol. The van der Waals surface area contributed by atoms with Crippen molar-refractivity contribution in [3.63, 3.8) is 0 Å². The highest BCUT2D eigenvalue weighted by Gasteiger charge is 2.29. The second-order valence-corrected chi connectivity index (χ2v) is 5.81. The van der Waals surface area contributed by atoms with Crippen molar-refractivity contribution in [2.75, 3.05) is 0 Å². The highest BCUT2D eigenvalue weighted by atomic mass is 35.5. The first kappa shape index (κ1) is 12.8. The van der Waals surface area contributed by atoms with E-state index < -0.39 is 0 Å². The second kappa shape index (κ2) is 4.83. The molecule has 5 heteroatoms. The number of hydrogen-bond acceptors (Lipinski definition) is 3. The normalized spacial score (nSPS) is 14.8. The van der Waals surface area contributed by atoms with E-state index in [2.05, 4.69) is 9.55 Å². The van der Waals surface area contributed by atoms with Crippen LogP contribution >= 0.6 is 11.6 Å². The van der Waals surface area contributed by atoms with Gasteiger partial charge in [-0.05, 0) is 36.6 Å². The van der Waals surface area contributed by atoms with Gasteiger partial charge in [0.25, 0.3) is 0 Å². The van der Waals surface area contributed by atoms with Gasteiger partial charge in [-0.1, -0.05) is 23.7 Å². The zero-order valence-corrected chi connectivity index (χ0v) is 12.2. The molecule has 1 saturated carbocycles. The van der Waals surface area contributed by atoms with Crippen LogP contribution in [0.15, 0.2) is 36.5 Å². The van der Waals surface area contributed by atoms with Crippen LogP contribution in [0.3, 0.4) is 0 Å². The first-order valence-corrected chi connectivity index (χ1v) is 7.47. The van der Waals surface area contributed by atoms with Crippen molar-refractivity contribution in [1.82, 2.24) is 14.5 Å². The molecule has 0 unspecified atom stereocenters. The van der Waals surface area contributed by atoms with Crippen molar-refractivity contribution in [1.29, 1.82) is 0 Å². The van der Waals surface area contributed by atoms with Gasteiger partial charge in [0.2, 0.25) is 0 Å². The highest BCUT2D eigenvalue weighted by Crippen LogP contribution is 2.42. The largest absolute Gasteiger partial charge is 0.326 e. The molecular weight excluding hydrogens is 284 g/mol. The average Bonchev–Trinajstić information content (AvgIpc) is 3.28. The van der Waals surface area contributed by atoms with E-state index in [0.29, 0.717) is 12.6 Å². The molecule has 0 radical (unpaired) electrons. The van der Waals surface area contributed by atoms with Gasteiger partial charge in [0.05, 0.1) is 16.1 Å². The molecule has 1 aliphatic carbocycles. The molecule has 2 aromatic heterocycles. The Hall–Kier alpha value is -1.91. The minimum Gasteiger partial charge on any atom is -0.326 e. The van der Waals surface area contributed by atoms with E-state index in [1.54, 1.807) is 0 Å². The summed E-state index contributed by atoms with van der Waals surface area (Å²) in [5.41, 5.74) is 9.46. The highest BCUT2D eigenvalue weighted by molar-refractivity contribution is 6.35. The Morgan fingerprint density at radius 1 is 1.24 bits per heavy atom. The Labute approximate surface area is 127 Å². The third-order valence-electron chi connectivity index (χ3n) is 3.86. The van der Waals surface area contributed by atoms with Crippen molar-refractivity contribution < 1.29 is 0 Å². The number of benzene rings is 1. The SMILES string of the molecule is NCc1ccc(-c2nc3cccc(Cl)c3n2C2CC2)nc1. The summed E-state index contributed by atoms with van der Waals surface area (Å²) in [6.45, 7) is 0.498. The molecule has 1 fully saturated rings. The number of fused-ring (bicyclic) bond motifs is 1. The molecule has 4 nitrogen and oxygen atoms in total. The van der Waals surface area contributed by atoms with Crippen molar-refractivity contribution in [2.24, 2.45) is 5.73 Å². The van der Waals surface area contributed by atoms with E-state index in [1.165, 1.54) is 12.8 Å². The van der Waals surface area contributed by atoms with Crippen LogP contribution in [-0.4, -0.2) is 14.5 Å². The Kier molecular flexibility index (Phi) is 2.94. The molecule has 21 heavy (non-hydrogen) atoms. The minimum absolute atomic E-state index is 0.487. The molecule has 0 atom stereocenters. The Balaban J connectivity index is 1.95. The summed E-state index contributed by atoms with van der Waals surface area (Å²) < 4.78 is 2.24. The van der Waals surface area contributed by atoms with Gasteiger partial charge in [0.1, 0.15) is 5.69 Å². The summed E-state index contributed by atoms with van der Waals surface area (Å²) in [7, 11) is 0. The quantitative estimate of drug-likeness (QED) is 0.804. The fraction of sp³-hybridized carbons (Fsp3) is 0.250. The predicted octanol–water partition coefficient (Wildman–Crippen LogP) is 3.55. The van der Waals surface area contributed by atoms with E-state index >= 15 is 0 Å². The van der Waals surface area contributed by atoms with Crippen LogP contribution in [0.2, 0.25) is 5.02 Å². The maximum absolute atomic E-state index is 6.38.